The Labute approximate surface area is 203 Å². The molecular weight excluding hydrogens is 484 g/mol. The summed E-state index contributed by atoms with van der Waals surface area (Å²) in [5.41, 5.74) is 3.35. The van der Waals surface area contributed by atoms with Crippen LogP contribution in [0.2, 0.25) is 0 Å². The van der Waals surface area contributed by atoms with Crippen LogP contribution >= 0.6 is 15.9 Å². The fourth-order valence-electron chi connectivity index (χ4n) is 4.56. The lowest BCUT2D eigenvalue weighted by atomic mass is 9.93. The van der Waals surface area contributed by atoms with E-state index in [4.69, 9.17) is 4.74 Å². The van der Waals surface area contributed by atoms with Gasteiger partial charge >= 0.3 is 0 Å². The molecule has 174 valence electrons. The van der Waals surface area contributed by atoms with E-state index in [1.807, 2.05) is 56.3 Å². The molecule has 2 fully saturated rings. The summed E-state index contributed by atoms with van der Waals surface area (Å²) >= 11 is 3.50. The number of hydrogen-bond acceptors (Lipinski definition) is 5. The lowest BCUT2D eigenvalue weighted by molar-refractivity contribution is -0.140. The van der Waals surface area contributed by atoms with Crippen LogP contribution in [0.3, 0.4) is 0 Å². The Bertz CT molecular complexity index is 1090. The molecule has 0 bridgehead atoms. The second-order valence-electron chi connectivity index (χ2n) is 8.67. The van der Waals surface area contributed by atoms with E-state index in [0.29, 0.717) is 12.1 Å². The number of likely N-dealkylation sites (tertiary alicyclic amines) is 1. The first-order valence-corrected chi connectivity index (χ1v) is 12.1. The van der Waals surface area contributed by atoms with Crippen LogP contribution in [0.1, 0.15) is 34.7 Å². The fraction of sp³-hybridized carbons (Fsp3) is 0.385. The highest BCUT2D eigenvalue weighted by Gasteiger charge is 2.46. The molecule has 2 aromatic carbocycles. The van der Waals surface area contributed by atoms with E-state index in [0.717, 1.165) is 60.4 Å². The van der Waals surface area contributed by atoms with Gasteiger partial charge in [-0.15, -0.1) is 0 Å². The molecule has 2 aromatic rings. The van der Waals surface area contributed by atoms with Crippen LogP contribution in [0.15, 0.2) is 52.5 Å². The van der Waals surface area contributed by atoms with Crippen LogP contribution in [-0.4, -0.2) is 66.0 Å². The van der Waals surface area contributed by atoms with Crippen molar-refractivity contribution in [1.82, 2.24) is 9.80 Å². The number of ketones is 1. The van der Waals surface area contributed by atoms with Crippen LogP contribution in [0.4, 0.5) is 0 Å². The summed E-state index contributed by atoms with van der Waals surface area (Å²) in [5, 5.41) is 11.3. The molecule has 4 rings (SSSR count). The molecule has 0 aromatic heterocycles. The number of carbonyl (C=O) groups excluding carboxylic acids is 2. The molecule has 0 spiro atoms. The zero-order valence-electron chi connectivity index (χ0n) is 19.0. The molecule has 2 aliphatic rings. The van der Waals surface area contributed by atoms with E-state index in [2.05, 4.69) is 20.8 Å². The lowest BCUT2D eigenvalue weighted by Crippen LogP contribution is -2.38. The Hall–Kier alpha value is -2.48. The van der Waals surface area contributed by atoms with Crippen molar-refractivity contribution >= 4 is 33.4 Å². The number of aryl methyl sites for hydroxylation is 2. The van der Waals surface area contributed by atoms with E-state index in [1.54, 1.807) is 4.90 Å². The number of carbonyl (C=O) groups is 2. The Balaban J connectivity index is 1.71. The largest absolute Gasteiger partial charge is 0.507 e. The van der Waals surface area contributed by atoms with Gasteiger partial charge in [0.05, 0.1) is 24.8 Å². The predicted molar refractivity (Wildman–Crippen MR) is 131 cm³/mol. The number of hydrogen-bond donors (Lipinski definition) is 1. The molecule has 2 heterocycles. The average molecular weight is 513 g/mol. The smallest absolute Gasteiger partial charge is 0.295 e. The summed E-state index contributed by atoms with van der Waals surface area (Å²) < 4.78 is 6.26. The van der Waals surface area contributed by atoms with Gasteiger partial charge in [-0.25, -0.2) is 0 Å². The molecule has 2 saturated heterocycles. The van der Waals surface area contributed by atoms with E-state index in [-0.39, 0.29) is 11.3 Å². The molecule has 2 aliphatic heterocycles. The van der Waals surface area contributed by atoms with Crippen LogP contribution in [0.25, 0.3) is 5.76 Å². The maximum absolute atomic E-state index is 13.2. The highest BCUT2D eigenvalue weighted by Crippen LogP contribution is 2.40. The number of rotatable bonds is 6. The van der Waals surface area contributed by atoms with Gasteiger partial charge < -0.3 is 14.7 Å². The minimum atomic E-state index is -0.634. The van der Waals surface area contributed by atoms with E-state index in [1.165, 1.54) is 0 Å². The van der Waals surface area contributed by atoms with Gasteiger partial charge in [-0.05, 0) is 49.6 Å². The molecule has 7 heteroatoms. The summed E-state index contributed by atoms with van der Waals surface area (Å²) in [4.78, 5) is 30.3. The minimum Gasteiger partial charge on any atom is -0.507 e. The molecule has 0 radical (unpaired) electrons. The highest BCUT2D eigenvalue weighted by molar-refractivity contribution is 9.10. The van der Waals surface area contributed by atoms with Crippen molar-refractivity contribution < 1.29 is 19.4 Å². The standard InChI is InChI=1S/C26H29BrN2O4/c1-17-7-8-18(2)21(15-17)24(30)22-23(19-5-3-6-20(27)16-19)29(26(32)25(22)31)10-4-9-28-11-13-33-14-12-28/h3,5-8,15-16,23,30H,4,9-14H2,1-2H3/b24-22+. The number of nitrogens with zero attached hydrogens (tertiary/aromatic N) is 2. The molecule has 1 N–H and O–H groups in total. The molecule has 0 saturated carbocycles. The van der Waals surface area contributed by atoms with Gasteiger partial charge in [0.15, 0.2) is 0 Å². The van der Waals surface area contributed by atoms with Crippen molar-refractivity contribution in [3.63, 3.8) is 0 Å². The molecule has 1 unspecified atom stereocenters. The van der Waals surface area contributed by atoms with E-state index in [9.17, 15) is 14.7 Å². The van der Waals surface area contributed by atoms with Crippen LogP contribution in [0, 0.1) is 13.8 Å². The minimum absolute atomic E-state index is 0.116. The Morgan fingerprint density at radius 1 is 1.09 bits per heavy atom. The van der Waals surface area contributed by atoms with Gasteiger partial charge in [0.1, 0.15) is 5.76 Å². The van der Waals surface area contributed by atoms with Gasteiger partial charge in [0, 0.05) is 36.2 Å². The number of aliphatic hydroxyl groups excluding tert-OH is 1. The van der Waals surface area contributed by atoms with Gasteiger partial charge in [-0.3, -0.25) is 14.5 Å². The van der Waals surface area contributed by atoms with Crippen molar-refractivity contribution in [2.45, 2.75) is 26.3 Å². The normalized spacial score (nSPS) is 21.1. The van der Waals surface area contributed by atoms with Crippen molar-refractivity contribution in [3.8, 4) is 0 Å². The number of halogens is 1. The number of ether oxygens (including phenoxy) is 1. The average Bonchev–Trinajstić information content (AvgIpc) is 3.06. The predicted octanol–water partition coefficient (Wildman–Crippen LogP) is 4.21. The maximum Gasteiger partial charge on any atom is 0.295 e. The zero-order valence-corrected chi connectivity index (χ0v) is 20.6. The zero-order chi connectivity index (χ0) is 23.5. The molecule has 0 aliphatic carbocycles. The first-order chi connectivity index (χ1) is 15.9. The lowest BCUT2D eigenvalue weighted by Gasteiger charge is -2.29. The summed E-state index contributed by atoms with van der Waals surface area (Å²) in [7, 11) is 0. The third-order valence-corrected chi connectivity index (χ3v) is 6.82. The number of morpholine rings is 1. The summed E-state index contributed by atoms with van der Waals surface area (Å²) in [5.74, 6) is -1.31. The molecule has 33 heavy (non-hydrogen) atoms. The Kier molecular flexibility index (Phi) is 7.32. The molecule has 1 atom stereocenters. The second kappa shape index (κ2) is 10.2. The van der Waals surface area contributed by atoms with Crippen LogP contribution in [-0.2, 0) is 14.3 Å². The van der Waals surface area contributed by atoms with E-state index < -0.39 is 17.7 Å². The number of amides is 1. The topological polar surface area (TPSA) is 70.1 Å². The monoisotopic (exact) mass is 512 g/mol. The third-order valence-electron chi connectivity index (χ3n) is 6.33. The second-order valence-corrected chi connectivity index (χ2v) is 9.59. The third kappa shape index (κ3) is 5.05. The molecular formula is C26H29BrN2O4. The number of aliphatic hydroxyl groups is 1. The van der Waals surface area contributed by atoms with Crippen molar-refractivity contribution in [2.24, 2.45) is 0 Å². The summed E-state index contributed by atoms with van der Waals surface area (Å²) in [6.07, 6.45) is 0.737. The van der Waals surface area contributed by atoms with Gasteiger partial charge in [0.25, 0.3) is 11.7 Å². The maximum atomic E-state index is 13.2. The highest BCUT2D eigenvalue weighted by atomic mass is 79.9. The molecule has 1 amide bonds. The number of benzene rings is 2. The summed E-state index contributed by atoms with van der Waals surface area (Å²) in [6.45, 7) is 8.28. The van der Waals surface area contributed by atoms with Gasteiger partial charge in [-0.2, -0.15) is 0 Å². The Morgan fingerprint density at radius 3 is 2.58 bits per heavy atom. The van der Waals surface area contributed by atoms with Gasteiger partial charge in [-0.1, -0.05) is 45.8 Å². The van der Waals surface area contributed by atoms with Crippen molar-refractivity contribution in [3.05, 3.63) is 74.8 Å². The van der Waals surface area contributed by atoms with Crippen LogP contribution < -0.4 is 0 Å². The SMILES string of the molecule is Cc1ccc(C)c(/C(O)=C2\C(=O)C(=O)N(CCCN3CCOCC3)C2c2cccc(Br)c2)c1. The first kappa shape index (κ1) is 23.7. The van der Waals surface area contributed by atoms with Gasteiger partial charge in [0.2, 0.25) is 0 Å². The van der Waals surface area contributed by atoms with E-state index >= 15 is 0 Å². The van der Waals surface area contributed by atoms with Crippen LogP contribution in [0.5, 0.6) is 0 Å². The molecule has 6 nitrogen and oxygen atoms in total. The Morgan fingerprint density at radius 2 is 1.85 bits per heavy atom. The summed E-state index contributed by atoms with van der Waals surface area (Å²) in [6, 6.07) is 12.7. The fourth-order valence-corrected chi connectivity index (χ4v) is 4.98. The quantitative estimate of drug-likeness (QED) is 0.356. The van der Waals surface area contributed by atoms with Crippen molar-refractivity contribution in [1.29, 1.82) is 0 Å². The van der Waals surface area contributed by atoms with Crippen molar-refractivity contribution in [2.75, 3.05) is 39.4 Å². The first-order valence-electron chi connectivity index (χ1n) is 11.3. The number of Topliss-reactive ketones (excluding diaryl/α,β-unsaturated/α-hetero) is 1.